The van der Waals surface area contributed by atoms with E-state index in [9.17, 15) is 0 Å². The SMILES string of the molecule is c1ccc(CN2[C@@H]3CC[C@H]2C[C@H](CNC2Cc4ccccc4C2)C3)cc1. The molecule has 3 aliphatic rings. The van der Waals surface area contributed by atoms with E-state index in [1.165, 1.54) is 50.6 Å². The summed E-state index contributed by atoms with van der Waals surface area (Å²) in [5.74, 6) is 0.864. The quantitative estimate of drug-likeness (QED) is 0.873. The van der Waals surface area contributed by atoms with Gasteiger partial charge in [0.05, 0.1) is 0 Å². The molecular weight excluding hydrogens is 316 g/mol. The Morgan fingerprint density at radius 1 is 0.808 bits per heavy atom. The summed E-state index contributed by atoms with van der Waals surface area (Å²) in [6.07, 6.45) is 8.02. The van der Waals surface area contributed by atoms with E-state index >= 15 is 0 Å². The van der Waals surface area contributed by atoms with Gasteiger partial charge in [-0.15, -0.1) is 0 Å². The zero-order valence-corrected chi connectivity index (χ0v) is 15.6. The molecule has 2 bridgehead atoms. The van der Waals surface area contributed by atoms with Crippen molar-refractivity contribution >= 4 is 0 Å². The van der Waals surface area contributed by atoms with E-state index in [1.807, 2.05) is 0 Å². The van der Waals surface area contributed by atoms with Crippen LogP contribution in [0, 0.1) is 5.92 Å². The van der Waals surface area contributed by atoms with Crippen LogP contribution in [0.3, 0.4) is 0 Å². The van der Waals surface area contributed by atoms with Gasteiger partial charge in [0.25, 0.3) is 0 Å². The highest BCUT2D eigenvalue weighted by Gasteiger charge is 2.40. The van der Waals surface area contributed by atoms with Crippen LogP contribution in [-0.2, 0) is 19.4 Å². The van der Waals surface area contributed by atoms with Crippen LogP contribution >= 0.6 is 0 Å². The Morgan fingerprint density at radius 3 is 2.08 bits per heavy atom. The molecule has 2 aromatic rings. The Hall–Kier alpha value is -1.64. The van der Waals surface area contributed by atoms with Crippen molar-refractivity contribution < 1.29 is 0 Å². The van der Waals surface area contributed by atoms with Crippen LogP contribution in [0.4, 0.5) is 0 Å². The summed E-state index contributed by atoms with van der Waals surface area (Å²) in [7, 11) is 0. The Kier molecular flexibility index (Phi) is 4.56. The average molecular weight is 347 g/mol. The highest BCUT2D eigenvalue weighted by molar-refractivity contribution is 5.33. The standard InChI is InChI=1S/C24H30N2/c1-2-6-18(7-3-1)17-26-23-10-11-24(26)13-19(12-23)16-25-22-14-20-8-4-5-9-21(20)15-22/h1-9,19,22-25H,10-17H2/t19-,23-,24+. The number of nitrogens with zero attached hydrogens (tertiary/aromatic N) is 1. The molecule has 3 atom stereocenters. The molecule has 0 spiro atoms. The lowest BCUT2D eigenvalue weighted by Crippen LogP contribution is -2.45. The van der Waals surface area contributed by atoms with Gasteiger partial charge in [0.2, 0.25) is 0 Å². The van der Waals surface area contributed by atoms with Gasteiger partial charge in [-0.2, -0.15) is 0 Å². The lowest BCUT2D eigenvalue weighted by molar-refractivity contribution is 0.0946. The third-order valence-electron chi connectivity index (χ3n) is 6.94. The summed E-state index contributed by atoms with van der Waals surface area (Å²) in [6.45, 7) is 2.36. The van der Waals surface area contributed by atoms with Crippen LogP contribution in [-0.4, -0.2) is 29.6 Å². The number of piperidine rings is 1. The molecule has 26 heavy (non-hydrogen) atoms. The fourth-order valence-corrected chi connectivity index (χ4v) is 5.64. The molecule has 2 heteroatoms. The number of hydrogen-bond donors (Lipinski definition) is 1. The number of rotatable bonds is 5. The predicted molar refractivity (Wildman–Crippen MR) is 107 cm³/mol. The van der Waals surface area contributed by atoms with Crippen LogP contribution in [0.2, 0.25) is 0 Å². The van der Waals surface area contributed by atoms with Crippen molar-refractivity contribution in [3.8, 4) is 0 Å². The molecular formula is C24H30N2. The van der Waals surface area contributed by atoms with Gasteiger partial charge in [-0.25, -0.2) is 0 Å². The summed E-state index contributed by atoms with van der Waals surface area (Å²) in [4.78, 5) is 2.80. The minimum atomic E-state index is 0.660. The summed E-state index contributed by atoms with van der Waals surface area (Å²) in [6, 6.07) is 22.3. The van der Waals surface area contributed by atoms with Crippen LogP contribution < -0.4 is 5.32 Å². The second-order valence-electron chi connectivity index (χ2n) is 8.66. The van der Waals surface area contributed by atoms with Gasteiger partial charge in [-0.1, -0.05) is 54.6 Å². The Bertz CT molecular complexity index is 702. The maximum Gasteiger partial charge on any atom is 0.0239 e. The van der Waals surface area contributed by atoms with Gasteiger partial charge < -0.3 is 5.32 Å². The highest BCUT2D eigenvalue weighted by Crippen LogP contribution is 2.39. The molecule has 0 unspecified atom stereocenters. The molecule has 2 saturated heterocycles. The monoisotopic (exact) mass is 346 g/mol. The first kappa shape index (κ1) is 16.5. The first-order chi connectivity index (χ1) is 12.8. The van der Waals surface area contributed by atoms with E-state index in [-0.39, 0.29) is 0 Å². The topological polar surface area (TPSA) is 15.3 Å². The minimum Gasteiger partial charge on any atom is -0.313 e. The number of benzene rings is 2. The van der Waals surface area contributed by atoms with Gasteiger partial charge >= 0.3 is 0 Å². The fourth-order valence-electron chi connectivity index (χ4n) is 5.64. The first-order valence-electron chi connectivity index (χ1n) is 10.4. The summed E-state index contributed by atoms with van der Waals surface area (Å²) in [5, 5.41) is 3.91. The molecule has 2 heterocycles. The molecule has 0 amide bonds. The molecule has 136 valence electrons. The third-order valence-corrected chi connectivity index (χ3v) is 6.94. The number of fused-ring (bicyclic) bond motifs is 3. The molecule has 0 saturated carbocycles. The van der Waals surface area contributed by atoms with Crippen LogP contribution in [0.5, 0.6) is 0 Å². The van der Waals surface area contributed by atoms with Gasteiger partial charge in [0.1, 0.15) is 0 Å². The minimum absolute atomic E-state index is 0.660. The fraction of sp³-hybridized carbons (Fsp3) is 0.500. The molecule has 1 N–H and O–H groups in total. The first-order valence-corrected chi connectivity index (χ1v) is 10.4. The van der Waals surface area contributed by atoms with E-state index in [0.29, 0.717) is 6.04 Å². The van der Waals surface area contributed by atoms with Gasteiger partial charge in [-0.3, -0.25) is 4.90 Å². The van der Waals surface area contributed by atoms with Gasteiger partial charge in [-0.05, 0) is 67.7 Å². The van der Waals surface area contributed by atoms with E-state index in [1.54, 1.807) is 11.1 Å². The smallest absolute Gasteiger partial charge is 0.0239 e. The van der Waals surface area contributed by atoms with Crippen molar-refractivity contribution in [2.45, 2.75) is 63.2 Å². The lowest BCUT2D eigenvalue weighted by Gasteiger charge is -2.39. The van der Waals surface area contributed by atoms with Crippen molar-refractivity contribution in [1.29, 1.82) is 0 Å². The zero-order chi connectivity index (χ0) is 17.3. The van der Waals surface area contributed by atoms with Crippen molar-refractivity contribution in [2.75, 3.05) is 6.54 Å². The largest absolute Gasteiger partial charge is 0.313 e. The van der Waals surface area contributed by atoms with E-state index < -0.39 is 0 Å². The van der Waals surface area contributed by atoms with Crippen molar-refractivity contribution in [1.82, 2.24) is 10.2 Å². The predicted octanol–water partition coefficient (Wildman–Crippen LogP) is 4.19. The van der Waals surface area contributed by atoms with Crippen LogP contribution in [0.1, 0.15) is 42.4 Å². The maximum atomic E-state index is 3.91. The molecule has 1 aliphatic carbocycles. The summed E-state index contributed by atoms with van der Waals surface area (Å²) >= 11 is 0. The van der Waals surface area contributed by atoms with Gasteiger partial charge in [0.15, 0.2) is 0 Å². The normalized spacial score (nSPS) is 28.4. The third kappa shape index (κ3) is 3.33. The molecule has 2 fully saturated rings. The van der Waals surface area contributed by atoms with E-state index in [4.69, 9.17) is 0 Å². The summed E-state index contributed by atoms with van der Waals surface area (Å²) in [5.41, 5.74) is 4.59. The van der Waals surface area contributed by atoms with Crippen molar-refractivity contribution in [3.05, 3.63) is 71.3 Å². The average Bonchev–Trinajstić information content (AvgIpc) is 3.18. The van der Waals surface area contributed by atoms with E-state index in [0.717, 1.165) is 24.5 Å². The van der Waals surface area contributed by atoms with Crippen molar-refractivity contribution in [2.24, 2.45) is 5.92 Å². The Morgan fingerprint density at radius 2 is 1.42 bits per heavy atom. The van der Waals surface area contributed by atoms with Gasteiger partial charge in [0, 0.05) is 24.7 Å². The highest BCUT2D eigenvalue weighted by atomic mass is 15.2. The molecule has 0 radical (unpaired) electrons. The Labute approximate surface area is 157 Å². The Balaban J connectivity index is 1.15. The second kappa shape index (κ2) is 7.17. The lowest BCUT2D eigenvalue weighted by atomic mass is 9.90. The molecule has 0 aromatic heterocycles. The second-order valence-corrected chi connectivity index (χ2v) is 8.66. The number of nitrogens with one attached hydrogen (secondary N) is 1. The molecule has 2 aliphatic heterocycles. The molecule has 2 aromatic carbocycles. The summed E-state index contributed by atoms with van der Waals surface area (Å²) < 4.78 is 0. The zero-order valence-electron chi connectivity index (χ0n) is 15.6. The van der Waals surface area contributed by atoms with Crippen LogP contribution in [0.25, 0.3) is 0 Å². The number of hydrogen-bond acceptors (Lipinski definition) is 2. The van der Waals surface area contributed by atoms with Crippen LogP contribution in [0.15, 0.2) is 54.6 Å². The van der Waals surface area contributed by atoms with Crippen molar-refractivity contribution in [3.63, 3.8) is 0 Å². The van der Waals surface area contributed by atoms with E-state index in [2.05, 4.69) is 64.8 Å². The molecule has 5 rings (SSSR count). The molecule has 2 nitrogen and oxygen atoms in total. The maximum absolute atomic E-state index is 3.91.